The zero-order valence-corrected chi connectivity index (χ0v) is 12.0. The zero-order valence-electron chi connectivity index (χ0n) is 11.2. The average Bonchev–Trinajstić information content (AvgIpc) is 2.55. The topological polar surface area (TPSA) is 20.7 Å². The van der Waals surface area contributed by atoms with Gasteiger partial charge in [0.05, 0.1) is 11.0 Å². The summed E-state index contributed by atoms with van der Waals surface area (Å²) >= 11 is 5.44. The second-order valence-corrected chi connectivity index (χ2v) is 6.12. The monoisotopic (exact) mass is 278 g/mol. The molecular formula is C15H19FN2S. The Labute approximate surface area is 117 Å². The van der Waals surface area contributed by atoms with Crippen LogP contribution in [0.5, 0.6) is 0 Å². The average molecular weight is 278 g/mol. The maximum atomic E-state index is 13.5. The van der Waals surface area contributed by atoms with Crippen molar-refractivity contribution in [3.8, 4) is 0 Å². The fraction of sp³-hybridized carbons (Fsp3) is 0.533. The number of aromatic nitrogens is 2. The molecule has 102 valence electrons. The highest BCUT2D eigenvalue weighted by Crippen LogP contribution is 2.32. The summed E-state index contributed by atoms with van der Waals surface area (Å²) < 4.78 is 16.3. The summed E-state index contributed by atoms with van der Waals surface area (Å²) in [6, 6.07) is 5.26. The lowest BCUT2D eigenvalue weighted by molar-refractivity contribution is 0.437. The minimum Gasteiger partial charge on any atom is -0.331 e. The lowest BCUT2D eigenvalue weighted by Crippen LogP contribution is -2.08. The molecule has 0 aliphatic heterocycles. The summed E-state index contributed by atoms with van der Waals surface area (Å²) in [5, 5.41) is 0. The van der Waals surface area contributed by atoms with Gasteiger partial charge in [-0.3, -0.25) is 0 Å². The molecule has 1 heterocycles. The molecule has 0 spiro atoms. The molecule has 3 rings (SSSR count). The number of fused-ring (bicyclic) bond motifs is 1. The Morgan fingerprint density at radius 3 is 2.95 bits per heavy atom. The smallest absolute Gasteiger partial charge is 0.178 e. The molecule has 0 saturated heterocycles. The third-order valence-corrected chi connectivity index (χ3v) is 4.57. The molecule has 1 N–H and O–H groups in total. The van der Waals surface area contributed by atoms with E-state index in [4.69, 9.17) is 12.2 Å². The van der Waals surface area contributed by atoms with E-state index < -0.39 is 0 Å². The van der Waals surface area contributed by atoms with Crippen molar-refractivity contribution in [2.45, 2.75) is 45.1 Å². The third-order valence-electron chi connectivity index (χ3n) is 4.27. The van der Waals surface area contributed by atoms with Crippen molar-refractivity contribution in [1.82, 2.24) is 9.55 Å². The summed E-state index contributed by atoms with van der Waals surface area (Å²) in [5.41, 5.74) is 1.84. The molecule has 4 heteroatoms. The predicted molar refractivity (Wildman–Crippen MR) is 78.4 cm³/mol. The highest BCUT2D eigenvalue weighted by Gasteiger charge is 2.20. The largest absolute Gasteiger partial charge is 0.331 e. The molecule has 1 aliphatic carbocycles. The van der Waals surface area contributed by atoms with Gasteiger partial charge < -0.3 is 9.55 Å². The van der Waals surface area contributed by atoms with Crippen molar-refractivity contribution >= 4 is 23.3 Å². The highest BCUT2D eigenvalue weighted by molar-refractivity contribution is 7.71. The molecule has 0 bridgehead atoms. The van der Waals surface area contributed by atoms with Gasteiger partial charge in [0, 0.05) is 6.04 Å². The Hall–Kier alpha value is -1.16. The van der Waals surface area contributed by atoms with Gasteiger partial charge in [0.1, 0.15) is 5.82 Å². The number of imidazole rings is 1. The first kappa shape index (κ1) is 12.9. The van der Waals surface area contributed by atoms with E-state index >= 15 is 0 Å². The van der Waals surface area contributed by atoms with Crippen molar-refractivity contribution in [3.63, 3.8) is 0 Å². The van der Waals surface area contributed by atoms with Gasteiger partial charge in [0.25, 0.3) is 0 Å². The molecule has 19 heavy (non-hydrogen) atoms. The number of nitrogens with one attached hydrogen (secondary N) is 1. The molecule has 1 fully saturated rings. The van der Waals surface area contributed by atoms with Crippen LogP contribution < -0.4 is 0 Å². The highest BCUT2D eigenvalue weighted by atomic mass is 32.1. The first-order valence-electron chi connectivity index (χ1n) is 7.05. The lowest BCUT2D eigenvalue weighted by Gasteiger charge is -2.17. The predicted octanol–water partition coefficient (Wildman–Crippen LogP) is 4.98. The quantitative estimate of drug-likeness (QED) is 0.576. The van der Waals surface area contributed by atoms with Gasteiger partial charge in [0.2, 0.25) is 0 Å². The van der Waals surface area contributed by atoms with E-state index in [2.05, 4.69) is 16.5 Å². The maximum absolute atomic E-state index is 13.5. The van der Waals surface area contributed by atoms with Crippen LogP contribution in [-0.2, 0) is 0 Å². The Kier molecular flexibility index (Phi) is 3.44. The van der Waals surface area contributed by atoms with Crippen molar-refractivity contribution in [1.29, 1.82) is 0 Å². The van der Waals surface area contributed by atoms with Crippen LogP contribution in [0.1, 0.15) is 45.1 Å². The van der Waals surface area contributed by atoms with Crippen molar-refractivity contribution < 1.29 is 4.39 Å². The van der Waals surface area contributed by atoms with Crippen LogP contribution in [-0.4, -0.2) is 9.55 Å². The van der Waals surface area contributed by atoms with Crippen molar-refractivity contribution in [2.24, 2.45) is 5.92 Å². The van der Waals surface area contributed by atoms with Gasteiger partial charge in [-0.2, -0.15) is 0 Å². The Morgan fingerprint density at radius 2 is 2.11 bits per heavy atom. The molecule has 1 aromatic carbocycles. The Morgan fingerprint density at radius 1 is 1.26 bits per heavy atom. The van der Waals surface area contributed by atoms with E-state index in [1.54, 1.807) is 12.1 Å². The first-order chi connectivity index (χ1) is 9.15. The van der Waals surface area contributed by atoms with Crippen LogP contribution in [0.3, 0.4) is 0 Å². The molecule has 2 unspecified atom stereocenters. The maximum Gasteiger partial charge on any atom is 0.178 e. The number of H-pyrrole nitrogens is 1. The SMILES string of the molecule is CC1CCCC(n2c(=S)[nH]c3ccc(F)cc32)CC1. The van der Waals surface area contributed by atoms with Gasteiger partial charge in [-0.1, -0.05) is 19.8 Å². The number of aromatic amines is 1. The second kappa shape index (κ2) is 5.08. The molecule has 2 aromatic rings. The van der Waals surface area contributed by atoms with Crippen LogP contribution in [0.25, 0.3) is 11.0 Å². The second-order valence-electron chi connectivity index (χ2n) is 5.73. The molecule has 1 saturated carbocycles. The third kappa shape index (κ3) is 2.46. The van der Waals surface area contributed by atoms with Crippen molar-refractivity contribution in [2.75, 3.05) is 0 Å². The number of hydrogen-bond donors (Lipinski definition) is 1. The molecule has 2 nitrogen and oxygen atoms in total. The molecule has 0 amide bonds. The molecule has 1 aromatic heterocycles. The molecule has 2 atom stereocenters. The Bertz CT molecular complexity index is 643. The number of benzene rings is 1. The summed E-state index contributed by atoms with van der Waals surface area (Å²) in [4.78, 5) is 3.19. The summed E-state index contributed by atoms with van der Waals surface area (Å²) in [6.07, 6.45) is 6.03. The van der Waals surface area contributed by atoms with Crippen LogP contribution in [0, 0.1) is 16.5 Å². The van der Waals surface area contributed by atoms with E-state index in [0.717, 1.165) is 34.6 Å². The fourth-order valence-corrected chi connectivity index (χ4v) is 3.54. The number of halogens is 1. The molecule has 0 radical (unpaired) electrons. The minimum absolute atomic E-state index is 0.197. The van der Waals surface area contributed by atoms with Crippen LogP contribution in [0.4, 0.5) is 4.39 Å². The van der Waals surface area contributed by atoms with Gasteiger partial charge in [-0.25, -0.2) is 4.39 Å². The van der Waals surface area contributed by atoms with E-state index in [9.17, 15) is 4.39 Å². The summed E-state index contributed by atoms with van der Waals surface area (Å²) in [6.45, 7) is 2.32. The van der Waals surface area contributed by atoms with Crippen molar-refractivity contribution in [3.05, 3.63) is 28.8 Å². The molecule has 1 aliphatic rings. The first-order valence-corrected chi connectivity index (χ1v) is 7.46. The lowest BCUT2D eigenvalue weighted by atomic mass is 10.0. The van der Waals surface area contributed by atoms with Gasteiger partial charge in [-0.05, 0) is 55.6 Å². The zero-order chi connectivity index (χ0) is 13.4. The van der Waals surface area contributed by atoms with E-state index in [0.29, 0.717) is 6.04 Å². The van der Waals surface area contributed by atoms with Gasteiger partial charge in [0.15, 0.2) is 4.77 Å². The van der Waals surface area contributed by atoms with Gasteiger partial charge >= 0.3 is 0 Å². The fourth-order valence-electron chi connectivity index (χ4n) is 3.18. The van der Waals surface area contributed by atoms with E-state index in [-0.39, 0.29) is 5.82 Å². The van der Waals surface area contributed by atoms with Crippen LogP contribution in [0.2, 0.25) is 0 Å². The van der Waals surface area contributed by atoms with E-state index in [1.807, 2.05) is 0 Å². The Balaban J connectivity index is 2.06. The normalized spacial score (nSPS) is 24.5. The van der Waals surface area contributed by atoms with Crippen LogP contribution in [0.15, 0.2) is 18.2 Å². The summed E-state index contributed by atoms with van der Waals surface area (Å²) in [7, 11) is 0. The number of nitrogens with zero attached hydrogens (tertiary/aromatic N) is 1. The number of hydrogen-bond acceptors (Lipinski definition) is 1. The van der Waals surface area contributed by atoms with Crippen LogP contribution >= 0.6 is 12.2 Å². The number of rotatable bonds is 1. The van der Waals surface area contributed by atoms with E-state index in [1.165, 1.54) is 25.3 Å². The summed E-state index contributed by atoms with van der Waals surface area (Å²) in [5.74, 6) is 0.596. The minimum atomic E-state index is -0.197. The van der Waals surface area contributed by atoms with Gasteiger partial charge in [-0.15, -0.1) is 0 Å². The molecular weight excluding hydrogens is 259 g/mol. The standard InChI is InChI=1S/C15H19FN2S/c1-10-3-2-4-12(7-5-10)18-14-9-11(16)6-8-13(14)17-15(18)19/h6,8-10,12H,2-5,7H2,1H3,(H,17,19).